The molecule has 1 aromatic heterocycles. The fourth-order valence-electron chi connectivity index (χ4n) is 4.23. The minimum atomic E-state index is -4.50. The number of fused-ring (bicyclic) bond motifs is 1. The van der Waals surface area contributed by atoms with Crippen LogP contribution in [0, 0.1) is 11.6 Å². The molecule has 2 unspecified atom stereocenters. The molecule has 196 valence electrons. The van der Waals surface area contributed by atoms with Crippen molar-refractivity contribution in [3.8, 4) is 0 Å². The molecule has 0 N–H and O–H groups in total. The molecule has 4 rings (SSSR count). The monoisotopic (exact) mass is 569 g/mol. The van der Waals surface area contributed by atoms with Gasteiger partial charge in [-0.3, -0.25) is 4.57 Å². The van der Waals surface area contributed by atoms with Crippen molar-refractivity contribution in [2.24, 2.45) is 0 Å². The Kier molecular flexibility index (Phi) is 7.76. The number of halogens is 3. The second-order valence-corrected chi connectivity index (χ2v) is 12.8. The first kappa shape index (κ1) is 27.3. The standard InChI is InChI=1S/C25H23ClF2NO6PS/c1-3-34-25(30)23-24(36(31,35-4-2)19-14-17(27)13-18(28)15-19)21-12-16(26)10-11-22(21)29(23)37(32,33)20-8-6-5-7-9-20/h5-8,10-15,20H,3-4,9H2,1-2H3. The number of carbonyl (C=O) groups is 1. The number of benzene rings is 2. The minimum Gasteiger partial charge on any atom is -0.461 e. The molecule has 0 aliphatic heterocycles. The zero-order chi connectivity index (χ0) is 27.0. The van der Waals surface area contributed by atoms with Crippen molar-refractivity contribution in [1.29, 1.82) is 0 Å². The molecule has 3 aromatic rings. The van der Waals surface area contributed by atoms with Gasteiger partial charge in [0.05, 0.1) is 24.0 Å². The predicted octanol–water partition coefficient (Wildman–Crippen LogP) is 5.08. The Morgan fingerprint density at radius 3 is 2.41 bits per heavy atom. The van der Waals surface area contributed by atoms with Gasteiger partial charge in [-0.25, -0.2) is 26.0 Å². The van der Waals surface area contributed by atoms with E-state index in [-0.39, 0.29) is 40.9 Å². The maximum atomic E-state index is 14.7. The highest BCUT2D eigenvalue weighted by molar-refractivity contribution is 7.91. The molecule has 1 heterocycles. The Morgan fingerprint density at radius 1 is 1.11 bits per heavy atom. The first-order valence-electron chi connectivity index (χ1n) is 11.3. The molecular weight excluding hydrogens is 547 g/mol. The number of carbonyl (C=O) groups excluding carboxylic acids is 1. The van der Waals surface area contributed by atoms with Gasteiger partial charge in [0.1, 0.15) is 16.9 Å². The van der Waals surface area contributed by atoms with Gasteiger partial charge in [0.25, 0.3) is 7.37 Å². The fraction of sp³-hybridized carbons (Fsp3) is 0.240. The lowest BCUT2D eigenvalue weighted by Crippen LogP contribution is -2.32. The Bertz CT molecular complexity index is 1580. The molecule has 37 heavy (non-hydrogen) atoms. The van der Waals surface area contributed by atoms with Gasteiger partial charge in [0.2, 0.25) is 10.0 Å². The second kappa shape index (κ2) is 10.5. The van der Waals surface area contributed by atoms with Gasteiger partial charge in [0, 0.05) is 21.8 Å². The van der Waals surface area contributed by atoms with Crippen LogP contribution in [0.4, 0.5) is 8.78 Å². The highest BCUT2D eigenvalue weighted by Crippen LogP contribution is 2.49. The van der Waals surface area contributed by atoms with E-state index in [2.05, 4.69) is 0 Å². The molecule has 0 fully saturated rings. The first-order chi connectivity index (χ1) is 17.5. The third kappa shape index (κ3) is 4.91. The van der Waals surface area contributed by atoms with Gasteiger partial charge in [-0.05, 0) is 50.6 Å². The number of ether oxygens (including phenoxy) is 1. The molecule has 0 amide bonds. The van der Waals surface area contributed by atoms with E-state index >= 15 is 0 Å². The van der Waals surface area contributed by atoms with Gasteiger partial charge in [-0.1, -0.05) is 35.9 Å². The average Bonchev–Trinajstić information content (AvgIpc) is 3.20. The first-order valence-corrected chi connectivity index (χ1v) is 14.9. The summed E-state index contributed by atoms with van der Waals surface area (Å²) in [5, 5.41) is -1.66. The Balaban J connectivity index is 2.19. The number of hydrogen-bond acceptors (Lipinski definition) is 6. The summed E-state index contributed by atoms with van der Waals surface area (Å²) in [4.78, 5) is 13.4. The van der Waals surface area contributed by atoms with Gasteiger partial charge < -0.3 is 9.26 Å². The van der Waals surface area contributed by atoms with E-state index in [9.17, 15) is 26.6 Å². The molecule has 0 spiro atoms. The zero-order valence-electron chi connectivity index (χ0n) is 19.9. The number of esters is 1. The SMILES string of the molecule is CCOC(=O)c1c(P(=O)(OCC)c2cc(F)cc(F)c2)c2cc(Cl)ccc2n1S(=O)(=O)C1C=CC=CC1. The Hall–Kier alpha value is -2.78. The van der Waals surface area contributed by atoms with Crippen molar-refractivity contribution in [1.82, 2.24) is 3.97 Å². The highest BCUT2D eigenvalue weighted by atomic mass is 35.5. The van der Waals surface area contributed by atoms with Crippen LogP contribution in [0.3, 0.4) is 0 Å². The van der Waals surface area contributed by atoms with Crippen LogP contribution in [0.2, 0.25) is 5.02 Å². The lowest BCUT2D eigenvalue weighted by molar-refractivity contribution is 0.0520. The van der Waals surface area contributed by atoms with E-state index in [1.807, 2.05) is 0 Å². The van der Waals surface area contributed by atoms with Gasteiger partial charge in [0.15, 0.2) is 5.69 Å². The topological polar surface area (TPSA) is 91.7 Å². The number of allylic oxidation sites excluding steroid dienone is 3. The summed E-state index contributed by atoms with van der Waals surface area (Å²) in [6, 6.07) is 6.36. The van der Waals surface area contributed by atoms with Crippen LogP contribution in [0.15, 0.2) is 60.7 Å². The molecule has 0 bridgehead atoms. The third-order valence-corrected chi connectivity index (χ3v) is 10.5. The summed E-state index contributed by atoms with van der Waals surface area (Å²) >= 11 is 6.23. The van der Waals surface area contributed by atoms with Crippen molar-refractivity contribution >= 4 is 56.5 Å². The molecule has 2 atom stereocenters. The summed E-state index contributed by atoms with van der Waals surface area (Å²) in [7, 11) is -8.84. The van der Waals surface area contributed by atoms with Crippen molar-refractivity contribution < 1.29 is 35.8 Å². The van der Waals surface area contributed by atoms with Gasteiger partial charge in [-0.2, -0.15) is 0 Å². The van der Waals surface area contributed by atoms with Crippen molar-refractivity contribution in [2.75, 3.05) is 13.2 Å². The van der Waals surface area contributed by atoms with E-state index in [0.29, 0.717) is 6.07 Å². The number of nitrogens with zero attached hydrogens (tertiary/aromatic N) is 1. The quantitative estimate of drug-likeness (QED) is 0.278. The fourth-order valence-corrected chi connectivity index (χ4v) is 8.69. The van der Waals surface area contributed by atoms with Crippen LogP contribution in [-0.2, 0) is 23.8 Å². The smallest absolute Gasteiger partial charge is 0.356 e. The summed E-state index contributed by atoms with van der Waals surface area (Å²) in [6.07, 6.45) is 6.52. The summed E-state index contributed by atoms with van der Waals surface area (Å²) in [5.74, 6) is -3.15. The van der Waals surface area contributed by atoms with E-state index in [1.165, 1.54) is 38.1 Å². The Labute approximate surface area is 217 Å². The van der Waals surface area contributed by atoms with E-state index in [4.69, 9.17) is 20.9 Å². The van der Waals surface area contributed by atoms with Crippen LogP contribution >= 0.6 is 19.0 Å². The molecule has 0 saturated heterocycles. The summed E-state index contributed by atoms with van der Waals surface area (Å²) in [5.41, 5.74) is -0.592. The molecule has 1 aliphatic carbocycles. The van der Waals surface area contributed by atoms with Crippen LogP contribution in [0.1, 0.15) is 30.8 Å². The third-order valence-electron chi connectivity index (χ3n) is 5.70. The molecule has 12 heteroatoms. The van der Waals surface area contributed by atoms with Gasteiger partial charge >= 0.3 is 5.97 Å². The van der Waals surface area contributed by atoms with Crippen LogP contribution < -0.4 is 10.6 Å². The van der Waals surface area contributed by atoms with Crippen molar-refractivity contribution in [2.45, 2.75) is 25.5 Å². The van der Waals surface area contributed by atoms with E-state index in [0.717, 1.165) is 16.1 Å². The van der Waals surface area contributed by atoms with Crippen LogP contribution in [-0.4, -0.2) is 36.8 Å². The maximum Gasteiger partial charge on any atom is 0.356 e. The Morgan fingerprint density at radius 2 is 1.81 bits per heavy atom. The maximum absolute atomic E-state index is 14.7. The van der Waals surface area contributed by atoms with Crippen LogP contribution in [0.25, 0.3) is 10.9 Å². The molecular formula is C25H23ClF2NO6PS. The highest BCUT2D eigenvalue weighted by Gasteiger charge is 2.43. The molecule has 1 aliphatic rings. The van der Waals surface area contributed by atoms with Crippen molar-refractivity contribution in [3.05, 3.63) is 83.1 Å². The number of rotatable bonds is 8. The minimum absolute atomic E-state index is 0.0101. The molecule has 0 saturated carbocycles. The largest absolute Gasteiger partial charge is 0.461 e. The zero-order valence-corrected chi connectivity index (χ0v) is 22.3. The number of hydrogen-bond donors (Lipinski definition) is 0. The normalized spacial score (nSPS) is 17.2. The van der Waals surface area contributed by atoms with Crippen LogP contribution in [0.5, 0.6) is 0 Å². The van der Waals surface area contributed by atoms with Gasteiger partial charge in [-0.15, -0.1) is 0 Å². The van der Waals surface area contributed by atoms with E-state index < -0.39 is 51.2 Å². The predicted molar refractivity (Wildman–Crippen MR) is 139 cm³/mol. The van der Waals surface area contributed by atoms with Crippen molar-refractivity contribution in [3.63, 3.8) is 0 Å². The lowest BCUT2D eigenvalue weighted by Gasteiger charge is -2.21. The molecule has 2 aromatic carbocycles. The average molecular weight is 570 g/mol. The second-order valence-electron chi connectivity index (χ2n) is 8.07. The molecule has 7 nitrogen and oxygen atoms in total. The molecule has 0 radical (unpaired) electrons. The van der Waals surface area contributed by atoms with E-state index in [1.54, 1.807) is 18.2 Å². The summed E-state index contributed by atoms with van der Waals surface area (Å²) in [6.45, 7) is 2.72. The number of aromatic nitrogens is 1. The summed E-state index contributed by atoms with van der Waals surface area (Å²) < 4.78 is 82.7. The lowest BCUT2D eigenvalue weighted by atomic mass is 10.2.